The number of hydrogen-bond donors (Lipinski definition) is 1. The highest BCUT2D eigenvalue weighted by molar-refractivity contribution is 5.56. The van der Waals surface area contributed by atoms with Gasteiger partial charge in [-0.2, -0.15) is 5.26 Å². The van der Waals surface area contributed by atoms with Gasteiger partial charge in [-0.25, -0.2) is 4.39 Å². The molecule has 0 aliphatic rings. The van der Waals surface area contributed by atoms with Gasteiger partial charge in [-0.15, -0.1) is 0 Å². The molecule has 18 heavy (non-hydrogen) atoms. The Kier molecular flexibility index (Phi) is 4.69. The molecule has 1 rings (SSSR count). The van der Waals surface area contributed by atoms with E-state index >= 15 is 0 Å². The minimum absolute atomic E-state index is 0.123. The Balaban J connectivity index is 3.14. The standard InChI is InChI=1S/C14H19FN2O/c1-9(7-16)8-17(4)14-5-10(2)13(15)6-12(14)11(3)18/h5-6,9,11,18H,8H2,1-4H3/t9?,11-/m1/s1. The van der Waals surface area contributed by atoms with Crippen LogP contribution in [0.15, 0.2) is 12.1 Å². The van der Waals surface area contributed by atoms with E-state index in [0.29, 0.717) is 17.7 Å². The number of aliphatic hydroxyl groups is 1. The van der Waals surface area contributed by atoms with E-state index < -0.39 is 6.10 Å². The van der Waals surface area contributed by atoms with Crippen molar-refractivity contribution < 1.29 is 9.50 Å². The van der Waals surface area contributed by atoms with Gasteiger partial charge in [-0.1, -0.05) is 0 Å². The number of aryl methyl sites for hydroxylation is 1. The first-order chi connectivity index (χ1) is 8.36. The first-order valence-corrected chi connectivity index (χ1v) is 5.95. The number of nitriles is 1. The third-order valence-electron chi connectivity index (χ3n) is 2.94. The molecule has 0 saturated heterocycles. The molecule has 4 heteroatoms. The molecular formula is C14H19FN2O. The molecule has 0 aromatic heterocycles. The molecule has 0 bridgehead atoms. The van der Waals surface area contributed by atoms with Crippen LogP contribution in [0.4, 0.5) is 10.1 Å². The van der Waals surface area contributed by atoms with E-state index in [-0.39, 0.29) is 11.7 Å². The highest BCUT2D eigenvalue weighted by Gasteiger charge is 2.16. The zero-order valence-electron chi connectivity index (χ0n) is 11.2. The topological polar surface area (TPSA) is 47.3 Å². The smallest absolute Gasteiger partial charge is 0.126 e. The maximum Gasteiger partial charge on any atom is 0.126 e. The lowest BCUT2D eigenvalue weighted by atomic mass is 10.0. The van der Waals surface area contributed by atoms with E-state index in [2.05, 4.69) is 6.07 Å². The van der Waals surface area contributed by atoms with Gasteiger partial charge in [-0.05, 0) is 38.5 Å². The quantitative estimate of drug-likeness (QED) is 0.893. The van der Waals surface area contributed by atoms with Crippen LogP contribution in [0, 0.1) is 30.0 Å². The highest BCUT2D eigenvalue weighted by atomic mass is 19.1. The lowest BCUT2D eigenvalue weighted by molar-refractivity contribution is 0.199. The van der Waals surface area contributed by atoms with Crippen molar-refractivity contribution in [1.82, 2.24) is 0 Å². The predicted molar refractivity (Wildman–Crippen MR) is 69.8 cm³/mol. The van der Waals surface area contributed by atoms with Gasteiger partial charge in [0, 0.05) is 24.8 Å². The number of anilines is 1. The van der Waals surface area contributed by atoms with Crippen LogP contribution in [0.5, 0.6) is 0 Å². The van der Waals surface area contributed by atoms with Gasteiger partial charge in [0.15, 0.2) is 0 Å². The molecular weight excluding hydrogens is 231 g/mol. The summed E-state index contributed by atoms with van der Waals surface area (Å²) in [5.41, 5.74) is 1.85. The summed E-state index contributed by atoms with van der Waals surface area (Å²) >= 11 is 0. The zero-order valence-corrected chi connectivity index (χ0v) is 11.2. The van der Waals surface area contributed by atoms with Crippen molar-refractivity contribution in [3.8, 4) is 6.07 Å². The highest BCUT2D eigenvalue weighted by Crippen LogP contribution is 2.29. The van der Waals surface area contributed by atoms with Crippen LogP contribution >= 0.6 is 0 Å². The molecule has 0 aliphatic carbocycles. The van der Waals surface area contributed by atoms with Crippen LogP contribution in [-0.4, -0.2) is 18.7 Å². The number of rotatable bonds is 4. The van der Waals surface area contributed by atoms with Gasteiger partial charge in [0.2, 0.25) is 0 Å². The monoisotopic (exact) mass is 250 g/mol. The Morgan fingerprint density at radius 2 is 2.06 bits per heavy atom. The van der Waals surface area contributed by atoms with E-state index in [1.807, 2.05) is 18.9 Å². The van der Waals surface area contributed by atoms with Crippen LogP contribution in [0.2, 0.25) is 0 Å². The summed E-state index contributed by atoms with van der Waals surface area (Å²) < 4.78 is 13.5. The van der Waals surface area contributed by atoms with Crippen molar-refractivity contribution in [3.05, 3.63) is 29.1 Å². The van der Waals surface area contributed by atoms with E-state index in [1.165, 1.54) is 6.07 Å². The molecule has 1 unspecified atom stereocenters. The second-order valence-electron chi connectivity index (χ2n) is 4.75. The zero-order chi connectivity index (χ0) is 13.9. The molecule has 1 aromatic rings. The minimum Gasteiger partial charge on any atom is -0.389 e. The lowest BCUT2D eigenvalue weighted by Gasteiger charge is -2.25. The Bertz CT molecular complexity index is 466. The first-order valence-electron chi connectivity index (χ1n) is 5.95. The number of halogens is 1. The van der Waals surface area contributed by atoms with Gasteiger partial charge in [-0.3, -0.25) is 0 Å². The van der Waals surface area contributed by atoms with E-state index in [1.54, 1.807) is 19.9 Å². The van der Waals surface area contributed by atoms with Crippen LogP contribution in [0.1, 0.15) is 31.1 Å². The van der Waals surface area contributed by atoms with Crippen molar-refractivity contribution >= 4 is 5.69 Å². The first kappa shape index (κ1) is 14.5. The van der Waals surface area contributed by atoms with Crippen molar-refractivity contribution in [1.29, 1.82) is 5.26 Å². The van der Waals surface area contributed by atoms with Gasteiger partial charge >= 0.3 is 0 Å². The molecule has 3 nitrogen and oxygen atoms in total. The maximum absolute atomic E-state index is 13.5. The second-order valence-corrected chi connectivity index (χ2v) is 4.75. The van der Waals surface area contributed by atoms with Crippen molar-refractivity contribution in [2.75, 3.05) is 18.5 Å². The molecule has 0 fully saturated rings. The van der Waals surface area contributed by atoms with Crippen LogP contribution in [-0.2, 0) is 0 Å². The molecule has 0 saturated carbocycles. The average molecular weight is 250 g/mol. The molecule has 0 heterocycles. The number of benzene rings is 1. The average Bonchev–Trinajstić information content (AvgIpc) is 2.31. The normalized spacial score (nSPS) is 13.8. The molecule has 0 radical (unpaired) electrons. The predicted octanol–water partition coefficient (Wildman–Crippen LogP) is 2.78. The third kappa shape index (κ3) is 3.21. The summed E-state index contributed by atoms with van der Waals surface area (Å²) in [4.78, 5) is 1.88. The Morgan fingerprint density at radius 3 is 2.56 bits per heavy atom. The third-order valence-corrected chi connectivity index (χ3v) is 2.94. The maximum atomic E-state index is 13.5. The summed E-state index contributed by atoms with van der Waals surface area (Å²) in [6.07, 6.45) is -0.741. The molecule has 0 aliphatic heterocycles. The minimum atomic E-state index is -0.741. The van der Waals surface area contributed by atoms with Gasteiger partial charge < -0.3 is 10.0 Å². The summed E-state index contributed by atoms with van der Waals surface area (Å²) in [5, 5.41) is 18.5. The van der Waals surface area contributed by atoms with Gasteiger partial charge in [0.05, 0.1) is 18.1 Å². The molecule has 1 N–H and O–H groups in total. The van der Waals surface area contributed by atoms with Gasteiger partial charge in [0.25, 0.3) is 0 Å². The molecule has 98 valence electrons. The SMILES string of the molecule is Cc1cc(N(C)CC(C)C#N)c([C@@H](C)O)cc1F. The van der Waals surface area contributed by atoms with Gasteiger partial charge in [0.1, 0.15) is 5.82 Å². The summed E-state index contributed by atoms with van der Waals surface area (Å²) in [7, 11) is 1.84. The summed E-state index contributed by atoms with van der Waals surface area (Å²) in [6.45, 7) is 5.66. The molecule has 0 amide bonds. The van der Waals surface area contributed by atoms with Crippen molar-refractivity contribution in [3.63, 3.8) is 0 Å². The van der Waals surface area contributed by atoms with Crippen LogP contribution in [0.3, 0.4) is 0 Å². The Morgan fingerprint density at radius 1 is 1.44 bits per heavy atom. The van der Waals surface area contributed by atoms with Crippen molar-refractivity contribution in [2.24, 2.45) is 5.92 Å². The molecule has 2 atom stereocenters. The van der Waals surface area contributed by atoms with Crippen LogP contribution in [0.25, 0.3) is 0 Å². The Labute approximate surface area is 107 Å². The fourth-order valence-corrected chi connectivity index (χ4v) is 1.90. The van der Waals surface area contributed by atoms with Crippen molar-refractivity contribution in [2.45, 2.75) is 26.9 Å². The second kappa shape index (κ2) is 5.83. The lowest BCUT2D eigenvalue weighted by Crippen LogP contribution is -2.25. The number of aliphatic hydroxyl groups excluding tert-OH is 1. The van der Waals surface area contributed by atoms with E-state index in [0.717, 1.165) is 5.69 Å². The Hall–Kier alpha value is -1.60. The summed E-state index contributed by atoms with van der Waals surface area (Å²) in [5.74, 6) is -0.446. The van der Waals surface area contributed by atoms with Crippen LogP contribution < -0.4 is 4.90 Å². The number of hydrogen-bond acceptors (Lipinski definition) is 3. The molecule has 0 spiro atoms. The van der Waals surface area contributed by atoms with E-state index in [9.17, 15) is 9.50 Å². The fourth-order valence-electron chi connectivity index (χ4n) is 1.90. The number of nitrogens with zero attached hydrogens (tertiary/aromatic N) is 2. The largest absolute Gasteiger partial charge is 0.389 e. The van der Waals surface area contributed by atoms with E-state index in [4.69, 9.17) is 5.26 Å². The summed E-state index contributed by atoms with van der Waals surface area (Å²) in [6, 6.07) is 5.24. The molecule has 1 aromatic carbocycles. The fraction of sp³-hybridized carbons (Fsp3) is 0.500.